The molecule has 1 N–H and O–H groups in total. The summed E-state index contributed by atoms with van der Waals surface area (Å²) in [5, 5.41) is 9.21. The summed E-state index contributed by atoms with van der Waals surface area (Å²) in [6.07, 6.45) is 3.49. The van der Waals surface area contributed by atoms with Gasteiger partial charge in [-0.1, -0.05) is 0 Å². The molecule has 2 aliphatic rings. The predicted molar refractivity (Wildman–Crippen MR) is 71.9 cm³/mol. The van der Waals surface area contributed by atoms with Gasteiger partial charge in [0.05, 0.1) is 6.10 Å². The van der Waals surface area contributed by atoms with E-state index in [0.717, 1.165) is 25.7 Å². The molecule has 0 spiro atoms. The standard InChI is InChI=1S/C12H24N2O4S/c1-18-12-5-3-7-14(9-12)19(16,17)13-6-2-4-11(8-13)10-15/h11-12,15H,2-10H2,1H3. The number of ether oxygens (including phenoxy) is 1. The zero-order chi connectivity index (χ0) is 13.9. The fraction of sp³-hybridized carbons (Fsp3) is 1.00. The van der Waals surface area contributed by atoms with Crippen LogP contribution in [0.25, 0.3) is 0 Å². The Morgan fingerprint density at radius 2 is 1.79 bits per heavy atom. The molecule has 0 aliphatic carbocycles. The van der Waals surface area contributed by atoms with Crippen molar-refractivity contribution in [3.8, 4) is 0 Å². The maximum atomic E-state index is 12.6. The van der Waals surface area contributed by atoms with Crippen LogP contribution in [0.3, 0.4) is 0 Å². The molecule has 0 aromatic carbocycles. The average molecular weight is 292 g/mol. The SMILES string of the molecule is COC1CCCN(S(=O)(=O)N2CCCC(CO)C2)C1. The van der Waals surface area contributed by atoms with Gasteiger partial charge < -0.3 is 9.84 Å². The van der Waals surface area contributed by atoms with Crippen LogP contribution in [0.15, 0.2) is 0 Å². The van der Waals surface area contributed by atoms with Crippen LogP contribution in [0.5, 0.6) is 0 Å². The van der Waals surface area contributed by atoms with Crippen LogP contribution in [0.1, 0.15) is 25.7 Å². The third-order valence-corrected chi connectivity index (χ3v) is 6.04. The number of aliphatic hydroxyl groups is 1. The summed E-state index contributed by atoms with van der Waals surface area (Å²) >= 11 is 0. The molecule has 112 valence electrons. The van der Waals surface area contributed by atoms with E-state index in [2.05, 4.69) is 0 Å². The van der Waals surface area contributed by atoms with Gasteiger partial charge in [-0.15, -0.1) is 0 Å². The molecule has 0 aromatic rings. The number of piperidine rings is 2. The second kappa shape index (κ2) is 6.49. The van der Waals surface area contributed by atoms with Crippen LogP contribution >= 0.6 is 0 Å². The molecule has 2 heterocycles. The minimum atomic E-state index is -3.40. The van der Waals surface area contributed by atoms with Gasteiger partial charge in [-0.2, -0.15) is 17.0 Å². The molecule has 0 aromatic heterocycles. The lowest BCUT2D eigenvalue weighted by Crippen LogP contribution is -2.52. The van der Waals surface area contributed by atoms with E-state index in [-0.39, 0.29) is 18.6 Å². The van der Waals surface area contributed by atoms with Gasteiger partial charge >= 0.3 is 0 Å². The van der Waals surface area contributed by atoms with Crippen molar-refractivity contribution in [1.82, 2.24) is 8.61 Å². The Morgan fingerprint density at radius 1 is 1.16 bits per heavy atom. The Kier molecular flexibility index (Phi) is 5.19. The Hall–Kier alpha value is -0.210. The summed E-state index contributed by atoms with van der Waals surface area (Å²) in [6, 6.07) is 0. The number of hydrogen-bond donors (Lipinski definition) is 1. The lowest BCUT2D eigenvalue weighted by molar-refractivity contribution is 0.0542. The minimum absolute atomic E-state index is 0.00181. The van der Waals surface area contributed by atoms with Crippen LogP contribution in [0.4, 0.5) is 0 Å². The molecule has 0 bridgehead atoms. The van der Waals surface area contributed by atoms with Crippen LogP contribution in [-0.4, -0.2) is 68.1 Å². The molecule has 19 heavy (non-hydrogen) atoms. The Morgan fingerprint density at radius 3 is 2.42 bits per heavy atom. The smallest absolute Gasteiger partial charge is 0.282 e. The molecule has 2 rings (SSSR count). The van der Waals surface area contributed by atoms with Gasteiger partial charge in [-0.25, -0.2) is 0 Å². The van der Waals surface area contributed by atoms with Crippen LogP contribution in [0.2, 0.25) is 0 Å². The van der Waals surface area contributed by atoms with Crippen molar-refractivity contribution in [2.45, 2.75) is 31.8 Å². The lowest BCUT2D eigenvalue weighted by Gasteiger charge is -2.38. The van der Waals surface area contributed by atoms with Crippen LogP contribution in [-0.2, 0) is 14.9 Å². The Balaban J connectivity index is 2.04. The van der Waals surface area contributed by atoms with E-state index in [9.17, 15) is 13.5 Å². The third kappa shape index (κ3) is 3.46. The quantitative estimate of drug-likeness (QED) is 0.794. The second-order valence-corrected chi connectivity index (χ2v) is 7.34. The molecule has 2 unspecified atom stereocenters. The highest BCUT2D eigenvalue weighted by Crippen LogP contribution is 2.23. The number of nitrogens with zero attached hydrogens (tertiary/aromatic N) is 2. The molecule has 2 aliphatic heterocycles. The van der Waals surface area contributed by atoms with Crippen molar-refractivity contribution in [3.05, 3.63) is 0 Å². The molecule has 0 amide bonds. The largest absolute Gasteiger partial charge is 0.396 e. The molecule has 2 fully saturated rings. The molecular weight excluding hydrogens is 268 g/mol. The van der Waals surface area contributed by atoms with Gasteiger partial charge in [0, 0.05) is 39.9 Å². The van der Waals surface area contributed by atoms with E-state index in [1.165, 1.54) is 8.61 Å². The number of rotatable bonds is 4. The van der Waals surface area contributed by atoms with E-state index in [4.69, 9.17) is 4.74 Å². The second-order valence-electron chi connectivity index (χ2n) is 5.41. The van der Waals surface area contributed by atoms with Gasteiger partial charge in [0.1, 0.15) is 0 Å². The van der Waals surface area contributed by atoms with Gasteiger partial charge in [0.15, 0.2) is 0 Å². The summed E-state index contributed by atoms with van der Waals surface area (Å²) in [7, 11) is -1.77. The normalized spacial score (nSPS) is 31.5. The van der Waals surface area contributed by atoms with Crippen molar-refractivity contribution >= 4 is 10.2 Å². The first-order valence-electron chi connectivity index (χ1n) is 6.96. The highest BCUT2D eigenvalue weighted by molar-refractivity contribution is 7.86. The van der Waals surface area contributed by atoms with Gasteiger partial charge in [-0.3, -0.25) is 0 Å². The van der Waals surface area contributed by atoms with Crippen molar-refractivity contribution in [1.29, 1.82) is 0 Å². The summed E-state index contributed by atoms with van der Waals surface area (Å²) in [6.45, 7) is 2.08. The summed E-state index contributed by atoms with van der Waals surface area (Å²) in [4.78, 5) is 0. The van der Waals surface area contributed by atoms with E-state index >= 15 is 0 Å². The highest BCUT2D eigenvalue weighted by atomic mass is 32.2. The highest BCUT2D eigenvalue weighted by Gasteiger charge is 2.36. The zero-order valence-corrected chi connectivity index (χ0v) is 12.3. The van der Waals surface area contributed by atoms with E-state index in [0.29, 0.717) is 26.2 Å². The van der Waals surface area contributed by atoms with Gasteiger partial charge in [0.2, 0.25) is 0 Å². The minimum Gasteiger partial charge on any atom is -0.396 e. The fourth-order valence-corrected chi connectivity index (χ4v) is 4.66. The molecule has 0 radical (unpaired) electrons. The van der Waals surface area contributed by atoms with E-state index in [1.807, 2.05) is 0 Å². The van der Waals surface area contributed by atoms with Crippen LogP contribution in [0, 0.1) is 5.92 Å². The predicted octanol–water partition coefficient (Wildman–Crippen LogP) is 0.0463. The molecule has 0 saturated carbocycles. The molecule has 2 atom stereocenters. The molecular formula is C12H24N2O4S. The fourth-order valence-electron chi connectivity index (χ4n) is 2.86. The first-order chi connectivity index (χ1) is 9.07. The topological polar surface area (TPSA) is 70.1 Å². The zero-order valence-electron chi connectivity index (χ0n) is 11.5. The first kappa shape index (κ1) is 15.2. The monoisotopic (exact) mass is 292 g/mol. The van der Waals surface area contributed by atoms with E-state index < -0.39 is 10.2 Å². The molecule has 7 heteroatoms. The number of methoxy groups -OCH3 is 1. The third-order valence-electron chi connectivity index (χ3n) is 4.07. The van der Waals surface area contributed by atoms with E-state index in [1.54, 1.807) is 7.11 Å². The molecule has 6 nitrogen and oxygen atoms in total. The van der Waals surface area contributed by atoms with Crippen molar-refractivity contribution in [2.24, 2.45) is 5.92 Å². The summed E-state index contributed by atoms with van der Waals surface area (Å²) in [5.74, 6) is 0.0755. The van der Waals surface area contributed by atoms with Crippen molar-refractivity contribution < 1.29 is 18.3 Å². The van der Waals surface area contributed by atoms with Gasteiger partial charge in [0.25, 0.3) is 10.2 Å². The first-order valence-corrected chi connectivity index (χ1v) is 8.36. The van der Waals surface area contributed by atoms with Gasteiger partial charge in [-0.05, 0) is 31.6 Å². The maximum Gasteiger partial charge on any atom is 0.282 e. The van der Waals surface area contributed by atoms with Crippen molar-refractivity contribution in [3.63, 3.8) is 0 Å². The maximum absolute atomic E-state index is 12.6. The molecule has 2 saturated heterocycles. The average Bonchev–Trinajstić information content (AvgIpc) is 2.47. The Labute approximate surface area is 115 Å². The summed E-state index contributed by atoms with van der Waals surface area (Å²) < 4.78 is 33.5. The van der Waals surface area contributed by atoms with Crippen LogP contribution < -0.4 is 0 Å². The number of aliphatic hydroxyl groups excluding tert-OH is 1. The van der Waals surface area contributed by atoms with Crippen molar-refractivity contribution in [2.75, 3.05) is 39.9 Å². The number of hydrogen-bond acceptors (Lipinski definition) is 4. The lowest BCUT2D eigenvalue weighted by atomic mass is 10.0. The summed E-state index contributed by atoms with van der Waals surface area (Å²) in [5.41, 5.74) is 0. The Bertz CT molecular complexity index is 357.